The van der Waals surface area contributed by atoms with E-state index in [1.165, 1.54) is 50.0 Å². The summed E-state index contributed by atoms with van der Waals surface area (Å²) < 4.78 is 2.44. The topological polar surface area (TPSA) is 30.7 Å². The highest BCUT2D eigenvalue weighted by Crippen LogP contribution is 2.58. The van der Waals surface area contributed by atoms with Gasteiger partial charge in [-0.05, 0) is 63.7 Å². The second-order valence-corrected chi connectivity index (χ2v) is 12.5. The van der Waals surface area contributed by atoms with Crippen LogP contribution in [-0.2, 0) is 0 Å². The first-order valence-electron chi connectivity index (χ1n) is 16.8. The third-order valence-electron chi connectivity index (χ3n) is 9.77. The fraction of sp³-hybridized carbons (Fsp3) is 0.0435. The third-order valence-corrected chi connectivity index (χ3v) is 9.77. The second kappa shape index (κ2) is 12.4. The van der Waals surface area contributed by atoms with E-state index in [1.807, 2.05) is 24.5 Å². The number of rotatable bonds is 6. The summed E-state index contributed by atoms with van der Waals surface area (Å²) in [5.41, 5.74) is 13.2. The number of pyridine rings is 2. The van der Waals surface area contributed by atoms with E-state index in [0.717, 1.165) is 22.6 Å². The van der Waals surface area contributed by atoms with Crippen LogP contribution in [0.3, 0.4) is 0 Å². The van der Waals surface area contributed by atoms with E-state index in [4.69, 9.17) is 4.98 Å². The summed E-state index contributed by atoms with van der Waals surface area (Å²) in [6, 6.07) is 63.3. The van der Waals surface area contributed by atoms with Crippen molar-refractivity contribution in [2.24, 2.45) is 0 Å². The fourth-order valence-corrected chi connectivity index (χ4v) is 7.79. The first-order valence-corrected chi connectivity index (χ1v) is 16.8. The molecule has 232 valence electrons. The molecule has 1 aliphatic carbocycles. The van der Waals surface area contributed by atoms with Crippen molar-refractivity contribution in [1.29, 1.82) is 0 Å². The molecule has 8 aromatic rings. The van der Waals surface area contributed by atoms with E-state index in [-0.39, 0.29) is 11.8 Å². The number of allylic oxidation sites excluding steroid dienone is 1. The van der Waals surface area contributed by atoms with Crippen molar-refractivity contribution in [2.45, 2.75) is 11.8 Å². The predicted molar refractivity (Wildman–Crippen MR) is 201 cm³/mol. The minimum Gasteiger partial charge on any atom is -0.297 e. The number of hydrogen-bond donors (Lipinski definition) is 0. The van der Waals surface area contributed by atoms with Crippen LogP contribution in [0.25, 0.3) is 39.1 Å². The Bertz CT molecular complexity index is 2410. The van der Waals surface area contributed by atoms with Gasteiger partial charge in [-0.15, -0.1) is 0 Å². The molecule has 0 aliphatic heterocycles. The molecule has 0 bridgehead atoms. The highest BCUT2D eigenvalue weighted by Gasteiger charge is 2.42. The van der Waals surface area contributed by atoms with Crippen LogP contribution >= 0.6 is 0 Å². The molecule has 0 radical (unpaired) electrons. The third kappa shape index (κ3) is 4.99. The Morgan fingerprint density at radius 1 is 0.449 bits per heavy atom. The molecular formula is C46H33N3. The zero-order valence-corrected chi connectivity index (χ0v) is 26.9. The van der Waals surface area contributed by atoms with E-state index in [9.17, 15) is 0 Å². The maximum absolute atomic E-state index is 5.36. The lowest BCUT2D eigenvalue weighted by Gasteiger charge is -2.38. The van der Waals surface area contributed by atoms with E-state index in [0.29, 0.717) is 0 Å². The first-order chi connectivity index (χ1) is 24.4. The van der Waals surface area contributed by atoms with Gasteiger partial charge < -0.3 is 0 Å². The summed E-state index contributed by atoms with van der Waals surface area (Å²) >= 11 is 0. The average Bonchev–Trinajstić information content (AvgIpc) is 3.53. The number of para-hydroxylation sites is 1. The van der Waals surface area contributed by atoms with Crippen LogP contribution in [0, 0.1) is 0 Å². The van der Waals surface area contributed by atoms with Gasteiger partial charge in [0, 0.05) is 46.4 Å². The van der Waals surface area contributed by atoms with Crippen LogP contribution < -0.4 is 0 Å². The quantitative estimate of drug-likeness (QED) is 0.184. The Hall–Kier alpha value is -6.32. The summed E-state index contributed by atoms with van der Waals surface area (Å²) in [6.07, 6.45) is 3.66. The minimum absolute atomic E-state index is 0.0138. The lowest BCUT2D eigenvalue weighted by Crippen LogP contribution is -2.24. The van der Waals surface area contributed by atoms with Crippen molar-refractivity contribution in [3.8, 4) is 17.1 Å². The Morgan fingerprint density at radius 2 is 1.02 bits per heavy atom. The monoisotopic (exact) mass is 627 g/mol. The lowest BCUT2D eigenvalue weighted by atomic mass is 9.65. The lowest BCUT2D eigenvalue weighted by molar-refractivity contribution is 0.682. The predicted octanol–water partition coefficient (Wildman–Crippen LogP) is 11.0. The molecule has 5 aromatic carbocycles. The molecule has 3 nitrogen and oxygen atoms in total. The molecule has 0 amide bonds. The molecule has 3 heterocycles. The summed E-state index contributed by atoms with van der Waals surface area (Å²) in [4.78, 5) is 9.62. The highest BCUT2D eigenvalue weighted by molar-refractivity contribution is 6.11. The van der Waals surface area contributed by atoms with Crippen molar-refractivity contribution < 1.29 is 0 Å². The Labute approximate surface area is 286 Å². The van der Waals surface area contributed by atoms with Gasteiger partial charge in [0.15, 0.2) is 0 Å². The maximum atomic E-state index is 5.36. The summed E-state index contributed by atoms with van der Waals surface area (Å²) in [6.45, 7) is 0. The summed E-state index contributed by atoms with van der Waals surface area (Å²) in [5, 5.41) is 1.22. The second-order valence-electron chi connectivity index (χ2n) is 12.5. The van der Waals surface area contributed by atoms with Crippen LogP contribution in [0.5, 0.6) is 0 Å². The molecular weight excluding hydrogens is 595 g/mol. The van der Waals surface area contributed by atoms with E-state index in [1.54, 1.807) is 0 Å². The average molecular weight is 628 g/mol. The molecule has 49 heavy (non-hydrogen) atoms. The molecule has 2 unspecified atom stereocenters. The molecule has 1 aliphatic rings. The number of benzene rings is 5. The van der Waals surface area contributed by atoms with Crippen LogP contribution in [0.1, 0.15) is 45.3 Å². The number of nitrogens with zero attached hydrogens (tertiary/aromatic N) is 3. The van der Waals surface area contributed by atoms with Crippen LogP contribution in [-0.4, -0.2) is 14.5 Å². The van der Waals surface area contributed by atoms with Crippen molar-refractivity contribution in [1.82, 2.24) is 14.5 Å². The normalized spacial score (nSPS) is 15.7. The van der Waals surface area contributed by atoms with Crippen LogP contribution in [0.4, 0.5) is 0 Å². The number of hydrogen-bond acceptors (Lipinski definition) is 2. The molecule has 3 aromatic heterocycles. The first kappa shape index (κ1) is 28.9. The summed E-state index contributed by atoms with van der Waals surface area (Å²) in [5.74, 6) is 0.898. The maximum Gasteiger partial charge on any atom is 0.138 e. The van der Waals surface area contributed by atoms with Gasteiger partial charge in [-0.2, -0.15) is 0 Å². The molecule has 0 saturated heterocycles. The Kier molecular flexibility index (Phi) is 7.29. The zero-order valence-electron chi connectivity index (χ0n) is 26.9. The number of aromatic nitrogens is 3. The smallest absolute Gasteiger partial charge is 0.138 e. The number of fused-ring (bicyclic) bond motifs is 3. The van der Waals surface area contributed by atoms with Gasteiger partial charge in [-0.25, -0.2) is 4.98 Å². The van der Waals surface area contributed by atoms with Crippen molar-refractivity contribution in [2.75, 3.05) is 0 Å². The molecule has 0 spiro atoms. The van der Waals surface area contributed by atoms with Crippen LogP contribution in [0.2, 0.25) is 0 Å². The van der Waals surface area contributed by atoms with Crippen molar-refractivity contribution in [3.63, 3.8) is 0 Å². The Morgan fingerprint density at radius 3 is 1.69 bits per heavy atom. The van der Waals surface area contributed by atoms with Gasteiger partial charge in [-0.3, -0.25) is 9.55 Å². The highest BCUT2D eigenvalue weighted by atomic mass is 15.1. The van der Waals surface area contributed by atoms with Gasteiger partial charge in [0.2, 0.25) is 0 Å². The Balaban J connectivity index is 1.47. The molecule has 3 heteroatoms. The van der Waals surface area contributed by atoms with E-state index < -0.39 is 0 Å². The van der Waals surface area contributed by atoms with Crippen molar-refractivity contribution in [3.05, 3.63) is 222 Å². The van der Waals surface area contributed by atoms with Gasteiger partial charge in [-0.1, -0.05) is 146 Å². The van der Waals surface area contributed by atoms with Gasteiger partial charge >= 0.3 is 0 Å². The van der Waals surface area contributed by atoms with Gasteiger partial charge in [0.25, 0.3) is 0 Å². The van der Waals surface area contributed by atoms with Crippen LogP contribution in [0.15, 0.2) is 188 Å². The zero-order chi connectivity index (χ0) is 32.6. The van der Waals surface area contributed by atoms with Gasteiger partial charge in [0.1, 0.15) is 5.82 Å². The van der Waals surface area contributed by atoms with Crippen molar-refractivity contribution >= 4 is 22.0 Å². The molecule has 0 saturated carbocycles. The molecule has 0 N–H and O–H groups in total. The summed E-state index contributed by atoms with van der Waals surface area (Å²) in [7, 11) is 0. The van der Waals surface area contributed by atoms with Gasteiger partial charge in [0.05, 0.1) is 11.2 Å². The largest absolute Gasteiger partial charge is 0.297 e. The fourth-order valence-electron chi connectivity index (χ4n) is 7.79. The SMILES string of the molecule is c1ccc(C2=C(c3ccccc3)C(c3ccccc3)C(c3ccccc3)c3c2c2ccccc2n3-c2cccc(-c3ccncc3)n2)cc1. The molecule has 9 rings (SSSR count). The van der Waals surface area contributed by atoms with E-state index >= 15 is 0 Å². The van der Waals surface area contributed by atoms with E-state index in [2.05, 4.69) is 173 Å². The standard InChI is InChI=1S/C46H33N3/c1-5-16-33(17-6-1)41-42(34-18-7-2-8-19-34)44(36-22-11-4-12-23-36)46-45(43(41)35-20-9-3-10-21-35)37-24-13-14-26-39(37)49(46)40-27-15-25-38(48-40)32-28-30-47-31-29-32/h1-31,42,44H. The minimum atomic E-state index is -0.0138. The molecule has 0 fully saturated rings. The molecule has 2 atom stereocenters.